The van der Waals surface area contributed by atoms with Crippen molar-refractivity contribution in [2.45, 2.75) is 38.5 Å². The molecule has 1 saturated heterocycles. The summed E-state index contributed by atoms with van der Waals surface area (Å²) in [6, 6.07) is 10.1. The highest BCUT2D eigenvalue weighted by atomic mass is 32.2. The molecular weight excluding hydrogens is 454 g/mol. The van der Waals surface area contributed by atoms with Crippen molar-refractivity contribution in [1.29, 1.82) is 0 Å². The number of ether oxygens (including phenoxy) is 2. The molecule has 2 aromatic carbocycles. The van der Waals surface area contributed by atoms with Crippen molar-refractivity contribution in [2.75, 3.05) is 49.6 Å². The molecule has 184 valence electrons. The predicted molar refractivity (Wildman–Crippen MR) is 133 cm³/mol. The van der Waals surface area contributed by atoms with Gasteiger partial charge in [0.1, 0.15) is 13.2 Å². The Morgan fingerprint density at radius 1 is 1.03 bits per heavy atom. The zero-order valence-electron chi connectivity index (χ0n) is 20.0. The number of carbonyl (C=O) groups is 1. The van der Waals surface area contributed by atoms with Crippen molar-refractivity contribution in [1.82, 2.24) is 4.31 Å². The van der Waals surface area contributed by atoms with E-state index >= 15 is 0 Å². The van der Waals surface area contributed by atoms with Crippen LogP contribution < -0.4 is 19.7 Å². The van der Waals surface area contributed by atoms with Gasteiger partial charge in [-0.15, -0.1) is 0 Å². The van der Waals surface area contributed by atoms with Crippen molar-refractivity contribution in [2.24, 2.45) is 5.92 Å². The van der Waals surface area contributed by atoms with Crippen LogP contribution >= 0.6 is 0 Å². The summed E-state index contributed by atoms with van der Waals surface area (Å²) >= 11 is 0. The van der Waals surface area contributed by atoms with Gasteiger partial charge >= 0.3 is 0 Å². The normalized spacial score (nSPS) is 16.5. The number of rotatable bonds is 7. The first-order valence-corrected chi connectivity index (χ1v) is 13.4. The van der Waals surface area contributed by atoms with Crippen LogP contribution in [0.1, 0.15) is 44.0 Å². The van der Waals surface area contributed by atoms with Gasteiger partial charge < -0.3 is 19.7 Å². The third-order valence-electron chi connectivity index (χ3n) is 6.48. The van der Waals surface area contributed by atoms with Gasteiger partial charge in [-0.2, -0.15) is 4.31 Å². The lowest BCUT2D eigenvalue weighted by molar-refractivity contribution is 0.102. The molecule has 0 aliphatic carbocycles. The van der Waals surface area contributed by atoms with Gasteiger partial charge in [0.25, 0.3) is 5.91 Å². The molecule has 34 heavy (non-hydrogen) atoms. The SMILES string of the molecule is CCN(CC)S(=O)(=O)c1ccc(N2CCC(C)CC2)c(C(=O)Nc2ccc3c(c2)OCCO3)c1. The predicted octanol–water partition coefficient (Wildman–Crippen LogP) is 3.98. The number of carbonyl (C=O) groups excluding carboxylic acids is 1. The van der Waals surface area contributed by atoms with Crippen molar-refractivity contribution in [3.05, 3.63) is 42.0 Å². The number of nitrogens with zero attached hydrogens (tertiary/aromatic N) is 2. The van der Waals surface area contributed by atoms with E-state index in [1.165, 1.54) is 10.4 Å². The molecule has 8 nitrogen and oxygen atoms in total. The summed E-state index contributed by atoms with van der Waals surface area (Å²) in [7, 11) is -3.70. The maximum absolute atomic E-state index is 13.5. The number of piperidine rings is 1. The molecule has 2 aromatic rings. The number of amides is 1. The zero-order chi connectivity index (χ0) is 24.3. The minimum Gasteiger partial charge on any atom is -0.486 e. The second-order valence-corrected chi connectivity index (χ2v) is 10.7. The summed E-state index contributed by atoms with van der Waals surface area (Å²) in [4.78, 5) is 15.8. The molecule has 2 aliphatic heterocycles. The Balaban J connectivity index is 1.69. The lowest BCUT2D eigenvalue weighted by Gasteiger charge is -2.33. The second-order valence-electron chi connectivity index (χ2n) is 8.75. The molecule has 4 rings (SSSR count). The van der Waals surface area contributed by atoms with Crippen LogP contribution in [0.5, 0.6) is 11.5 Å². The van der Waals surface area contributed by atoms with Crippen molar-refractivity contribution in [3.63, 3.8) is 0 Å². The van der Waals surface area contributed by atoms with E-state index in [1.54, 1.807) is 44.2 Å². The Labute approximate surface area is 201 Å². The average Bonchev–Trinajstić information content (AvgIpc) is 2.84. The highest BCUT2D eigenvalue weighted by Gasteiger charge is 2.27. The second kappa shape index (κ2) is 10.2. The Morgan fingerprint density at radius 2 is 1.71 bits per heavy atom. The molecule has 1 N–H and O–H groups in total. The fraction of sp³-hybridized carbons (Fsp3) is 0.480. The molecule has 0 bridgehead atoms. The van der Waals surface area contributed by atoms with Gasteiger partial charge in [-0.25, -0.2) is 8.42 Å². The minimum absolute atomic E-state index is 0.123. The summed E-state index contributed by atoms with van der Waals surface area (Å²) < 4.78 is 38.9. The highest BCUT2D eigenvalue weighted by Crippen LogP contribution is 2.34. The summed E-state index contributed by atoms with van der Waals surface area (Å²) in [6.07, 6.45) is 2.06. The molecule has 2 aliphatic rings. The van der Waals surface area contributed by atoms with Crippen molar-refractivity contribution < 1.29 is 22.7 Å². The van der Waals surface area contributed by atoms with E-state index in [-0.39, 0.29) is 10.8 Å². The first kappa shape index (κ1) is 24.3. The lowest BCUT2D eigenvalue weighted by Crippen LogP contribution is -2.35. The average molecular weight is 488 g/mol. The first-order chi connectivity index (χ1) is 16.3. The van der Waals surface area contributed by atoms with E-state index in [4.69, 9.17) is 9.47 Å². The Kier molecular flexibility index (Phi) is 7.33. The van der Waals surface area contributed by atoms with E-state index in [2.05, 4.69) is 17.1 Å². The van der Waals surface area contributed by atoms with Crippen molar-refractivity contribution in [3.8, 4) is 11.5 Å². The fourth-order valence-electron chi connectivity index (χ4n) is 4.41. The fourth-order valence-corrected chi connectivity index (χ4v) is 5.90. The zero-order valence-corrected chi connectivity index (χ0v) is 20.9. The smallest absolute Gasteiger partial charge is 0.257 e. The van der Waals surface area contributed by atoms with Gasteiger partial charge in [0.05, 0.1) is 10.5 Å². The molecule has 0 spiro atoms. The lowest BCUT2D eigenvalue weighted by atomic mass is 9.98. The topological polar surface area (TPSA) is 88.2 Å². The molecule has 0 unspecified atom stereocenters. The molecule has 0 atom stereocenters. The third kappa shape index (κ3) is 5.00. The van der Waals surface area contributed by atoms with Crippen molar-refractivity contribution >= 4 is 27.3 Å². The molecule has 0 saturated carbocycles. The number of hydrogen-bond acceptors (Lipinski definition) is 6. The molecule has 9 heteroatoms. The first-order valence-electron chi connectivity index (χ1n) is 11.9. The van der Waals surface area contributed by atoms with Gasteiger partial charge in [0.2, 0.25) is 10.0 Å². The minimum atomic E-state index is -3.70. The van der Waals surface area contributed by atoms with Crippen LogP contribution in [0.3, 0.4) is 0 Å². The van der Waals surface area contributed by atoms with Crippen LogP contribution in [0.15, 0.2) is 41.3 Å². The highest BCUT2D eigenvalue weighted by molar-refractivity contribution is 7.89. The number of benzene rings is 2. The van der Waals surface area contributed by atoms with E-state index in [0.29, 0.717) is 55.0 Å². The van der Waals surface area contributed by atoms with Crippen LogP contribution in [-0.4, -0.2) is 58.0 Å². The maximum atomic E-state index is 13.5. The summed E-state index contributed by atoms with van der Waals surface area (Å²) in [5.74, 6) is 1.49. The van der Waals surface area contributed by atoms with E-state index in [0.717, 1.165) is 31.6 Å². The standard InChI is InChI=1S/C25H33N3O5S/c1-4-28(5-2)34(30,31)20-7-8-22(27-12-10-18(3)11-13-27)21(17-20)25(29)26-19-6-9-23-24(16-19)33-15-14-32-23/h6-9,16-18H,4-5,10-15H2,1-3H3,(H,26,29). The Bertz CT molecular complexity index is 1140. The largest absolute Gasteiger partial charge is 0.486 e. The number of anilines is 2. The number of nitrogens with one attached hydrogen (secondary N) is 1. The van der Waals surface area contributed by atoms with Gasteiger partial charge in [-0.1, -0.05) is 20.8 Å². The summed E-state index contributed by atoms with van der Waals surface area (Å²) in [5.41, 5.74) is 1.66. The quantitative estimate of drug-likeness (QED) is 0.636. The van der Waals surface area contributed by atoms with Gasteiger partial charge in [0.15, 0.2) is 11.5 Å². The summed E-state index contributed by atoms with van der Waals surface area (Å²) in [6.45, 7) is 9.16. The molecule has 0 aromatic heterocycles. The summed E-state index contributed by atoms with van der Waals surface area (Å²) in [5, 5.41) is 2.92. The Morgan fingerprint density at radius 3 is 2.38 bits per heavy atom. The number of fused-ring (bicyclic) bond motifs is 1. The van der Waals surface area contributed by atoms with E-state index < -0.39 is 10.0 Å². The molecule has 0 radical (unpaired) electrons. The number of sulfonamides is 1. The molecular formula is C25H33N3O5S. The van der Waals surface area contributed by atoms with Gasteiger partial charge in [-0.3, -0.25) is 4.79 Å². The van der Waals surface area contributed by atoms with Gasteiger partial charge in [0, 0.05) is 43.6 Å². The number of hydrogen-bond donors (Lipinski definition) is 1. The molecule has 1 amide bonds. The molecule has 2 heterocycles. The van der Waals surface area contributed by atoms with E-state index in [1.807, 2.05) is 0 Å². The van der Waals surface area contributed by atoms with Crippen LogP contribution in [0.4, 0.5) is 11.4 Å². The third-order valence-corrected chi connectivity index (χ3v) is 8.53. The van der Waals surface area contributed by atoms with E-state index in [9.17, 15) is 13.2 Å². The maximum Gasteiger partial charge on any atom is 0.257 e. The van der Waals surface area contributed by atoms with Crippen LogP contribution in [-0.2, 0) is 10.0 Å². The van der Waals surface area contributed by atoms with Crippen LogP contribution in [0, 0.1) is 5.92 Å². The monoisotopic (exact) mass is 487 g/mol. The van der Waals surface area contributed by atoms with Crippen LogP contribution in [0.2, 0.25) is 0 Å². The molecule has 1 fully saturated rings. The Hall–Kier alpha value is -2.78. The van der Waals surface area contributed by atoms with Crippen LogP contribution in [0.25, 0.3) is 0 Å². The van der Waals surface area contributed by atoms with Gasteiger partial charge in [-0.05, 0) is 49.1 Å².